The van der Waals surface area contributed by atoms with Crippen molar-refractivity contribution in [2.75, 3.05) is 6.54 Å². The summed E-state index contributed by atoms with van der Waals surface area (Å²) in [5, 5.41) is 0. The van der Waals surface area contributed by atoms with E-state index in [0.717, 1.165) is 12.5 Å². The molecule has 2 atom stereocenters. The summed E-state index contributed by atoms with van der Waals surface area (Å²) in [6.45, 7) is 3.09. The molecule has 2 heteroatoms. The predicted octanol–water partition coefficient (Wildman–Crippen LogP) is 2.80. The van der Waals surface area contributed by atoms with E-state index >= 15 is 0 Å². The highest BCUT2D eigenvalue weighted by Crippen LogP contribution is 2.38. The van der Waals surface area contributed by atoms with Crippen LogP contribution in [0, 0.1) is 5.92 Å². The Kier molecular flexibility index (Phi) is 5.62. The van der Waals surface area contributed by atoms with Crippen molar-refractivity contribution >= 4 is 0 Å². The van der Waals surface area contributed by atoms with Gasteiger partial charge in [-0.2, -0.15) is 0 Å². The van der Waals surface area contributed by atoms with Gasteiger partial charge in [0.1, 0.15) is 0 Å². The Morgan fingerprint density at radius 3 is 2.73 bits per heavy atom. The van der Waals surface area contributed by atoms with Crippen molar-refractivity contribution in [2.45, 2.75) is 70.3 Å². The zero-order valence-corrected chi connectivity index (χ0v) is 10.3. The molecular weight excluding hydrogens is 184 g/mol. The quantitative estimate of drug-likeness (QED) is 0.638. The van der Waals surface area contributed by atoms with Crippen molar-refractivity contribution in [3.63, 3.8) is 0 Å². The van der Waals surface area contributed by atoms with Crippen LogP contribution in [0.2, 0.25) is 0 Å². The Morgan fingerprint density at radius 2 is 2.07 bits per heavy atom. The summed E-state index contributed by atoms with van der Waals surface area (Å²) in [5.41, 5.74) is 12.1. The number of unbranched alkanes of at least 4 members (excludes halogenated alkanes) is 2. The van der Waals surface area contributed by atoms with Gasteiger partial charge in [0, 0.05) is 5.54 Å². The molecule has 2 nitrogen and oxygen atoms in total. The zero-order chi connectivity index (χ0) is 11.1. The van der Waals surface area contributed by atoms with E-state index in [9.17, 15) is 0 Å². The molecule has 0 aromatic rings. The molecule has 0 radical (unpaired) electrons. The molecule has 0 bridgehead atoms. The largest absolute Gasteiger partial charge is 0.330 e. The Morgan fingerprint density at radius 1 is 1.27 bits per heavy atom. The van der Waals surface area contributed by atoms with E-state index in [0.29, 0.717) is 0 Å². The number of nitrogens with two attached hydrogens (primary N) is 2. The van der Waals surface area contributed by atoms with Gasteiger partial charge in [-0.25, -0.2) is 0 Å². The van der Waals surface area contributed by atoms with E-state index in [4.69, 9.17) is 11.5 Å². The Bertz CT molecular complexity index is 170. The van der Waals surface area contributed by atoms with E-state index in [-0.39, 0.29) is 5.54 Å². The molecule has 1 fully saturated rings. The normalized spacial score (nSPS) is 31.0. The maximum Gasteiger partial charge on any atom is 0.0157 e. The van der Waals surface area contributed by atoms with E-state index in [1.807, 2.05) is 0 Å². The minimum absolute atomic E-state index is 0.184. The summed E-state index contributed by atoms with van der Waals surface area (Å²) < 4.78 is 0. The molecule has 1 saturated carbocycles. The zero-order valence-electron chi connectivity index (χ0n) is 10.3. The molecule has 1 aliphatic carbocycles. The van der Waals surface area contributed by atoms with Crippen LogP contribution < -0.4 is 11.5 Å². The molecule has 4 N–H and O–H groups in total. The molecule has 90 valence electrons. The molecule has 0 heterocycles. The van der Waals surface area contributed by atoms with E-state index < -0.39 is 0 Å². The van der Waals surface area contributed by atoms with Crippen LogP contribution in [0.3, 0.4) is 0 Å². The molecule has 0 amide bonds. The van der Waals surface area contributed by atoms with E-state index in [2.05, 4.69) is 6.92 Å². The second kappa shape index (κ2) is 6.49. The van der Waals surface area contributed by atoms with Gasteiger partial charge in [-0.3, -0.25) is 0 Å². The Balaban J connectivity index is 2.18. The van der Waals surface area contributed by atoms with Crippen LogP contribution >= 0.6 is 0 Å². The van der Waals surface area contributed by atoms with Gasteiger partial charge >= 0.3 is 0 Å². The maximum atomic E-state index is 6.42. The molecule has 15 heavy (non-hydrogen) atoms. The van der Waals surface area contributed by atoms with Crippen LogP contribution in [0.5, 0.6) is 0 Å². The van der Waals surface area contributed by atoms with Gasteiger partial charge in [-0.05, 0) is 44.6 Å². The summed E-state index contributed by atoms with van der Waals surface area (Å²) >= 11 is 0. The third-order valence-electron chi connectivity index (χ3n) is 3.84. The van der Waals surface area contributed by atoms with Gasteiger partial charge in [0.05, 0.1) is 0 Å². The number of hydrogen-bond acceptors (Lipinski definition) is 2. The van der Waals surface area contributed by atoms with E-state index in [1.165, 1.54) is 57.8 Å². The van der Waals surface area contributed by atoms with Gasteiger partial charge in [0.15, 0.2) is 0 Å². The van der Waals surface area contributed by atoms with Gasteiger partial charge < -0.3 is 11.5 Å². The highest BCUT2D eigenvalue weighted by Gasteiger charge is 2.34. The molecule has 2 unspecified atom stereocenters. The lowest BCUT2D eigenvalue weighted by Crippen LogP contribution is -2.36. The van der Waals surface area contributed by atoms with Gasteiger partial charge in [-0.15, -0.1) is 0 Å². The minimum atomic E-state index is 0.184. The molecule has 1 rings (SSSR count). The Labute approximate surface area is 94.8 Å². The van der Waals surface area contributed by atoms with Crippen LogP contribution in [0.25, 0.3) is 0 Å². The van der Waals surface area contributed by atoms with Crippen molar-refractivity contribution in [2.24, 2.45) is 17.4 Å². The maximum absolute atomic E-state index is 6.42. The number of rotatable bonds is 7. The van der Waals surface area contributed by atoms with Gasteiger partial charge in [-0.1, -0.05) is 32.6 Å². The lowest BCUT2D eigenvalue weighted by molar-refractivity contribution is 0.364. The third kappa shape index (κ3) is 4.52. The highest BCUT2D eigenvalue weighted by molar-refractivity contribution is 4.92. The van der Waals surface area contributed by atoms with E-state index in [1.54, 1.807) is 0 Å². The monoisotopic (exact) mass is 212 g/mol. The first-order chi connectivity index (χ1) is 7.20. The molecule has 1 aliphatic rings. The first kappa shape index (κ1) is 13.0. The highest BCUT2D eigenvalue weighted by atomic mass is 14.8. The van der Waals surface area contributed by atoms with Crippen molar-refractivity contribution < 1.29 is 0 Å². The average Bonchev–Trinajstić information content (AvgIpc) is 2.59. The fourth-order valence-electron chi connectivity index (χ4n) is 2.85. The SMILES string of the molecule is CCCCC1(N)CCC(CCCCN)C1. The second-order valence-electron chi connectivity index (χ2n) is 5.36. The topological polar surface area (TPSA) is 52.0 Å². The third-order valence-corrected chi connectivity index (χ3v) is 3.84. The average molecular weight is 212 g/mol. The van der Waals surface area contributed by atoms with Crippen LogP contribution in [0.1, 0.15) is 64.7 Å². The second-order valence-corrected chi connectivity index (χ2v) is 5.36. The summed E-state index contributed by atoms with van der Waals surface area (Å²) in [7, 11) is 0. The van der Waals surface area contributed by atoms with Gasteiger partial charge in [0.25, 0.3) is 0 Å². The first-order valence-electron chi connectivity index (χ1n) is 6.69. The summed E-state index contributed by atoms with van der Waals surface area (Å²) in [5.74, 6) is 0.887. The van der Waals surface area contributed by atoms with Crippen LogP contribution in [0.4, 0.5) is 0 Å². The van der Waals surface area contributed by atoms with Crippen LogP contribution in [0.15, 0.2) is 0 Å². The lowest BCUT2D eigenvalue weighted by Gasteiger charge is -2.24. The van der Waals surface area contributed by atoms with Crippen LogP contribution in [-0.2, 0) is 0 Å². The molecule has 0 aromatic carbocycles. The first-order valence-corrected chi connectivity index (χ1v) is 6.69. The van der Waals surface area contributed by atoms with Crippen LogP contribution in [-0.4, -0.2) is 12.1 Å². The fourth-order valence-corrected chi connectivity index (χ4v) is 2.85. The van der Waals surface area contributed by atoms with Gasteiger partial charge in [0.2, 0.25) is 0 Å². The molecule has 0 aliphatic heterocycles. The lowest BCUT2D eigenvalue weighted by atomic mass is 9.90. The fraction of sp³-hybridized carbons (Fsp3) is 1.00. The summed E-state index contributed by atoms with van der Waals surface area (Å²) in [6.07, 6.45) is 11.5. The minimum Gasteiger partial charge on any atom is -0.330 e. The van der Waals surface area contributed by atoms with Crippen molar-refractivity contribution in [1.82, 2.24) is 0 Å². The smallest absolute Gasteiger partial charge is 0.0157 e. The van der Waals surface area contributed by atoms with Crippen molar-refractivity contribution in [3.8, 4) is 0 Å². The standard InChI is InChI=1S/C13H28N2/c1-2-3-8-13(15)9-7-12(11-13)6-4-5-10-14/h12H,2-11,14-15H2,1H3. The molecule has 0 saturated heterocycles. The summed E-state index contributed by atoms with van der Waals surface area (Å²) in [6, 6.07) is 0. The predicted molar refractivity (Wildman–Crippen MR) is 66.7 cm³/mol. The van der Waals surface area contributed by atoms with Crippen molar-refractivity contribution in [1.29, 1.82) is 0 Å². The summed E-state index contributed by atoms with van der Waals surface area (Å²) in [4.78, 5) is 0. The molecule has 0 spiro atoms. The van der Waals surface area contributed by atoms with Crippen molar-refractivity contribution in [3.05, 3.63) is 0 Å². The molecule has 0 aromatic heterocycles. The molecular formula is C13H28N2. The number of hydrogen-bond donors (Lipinski definition) is 2. The Hall–Kier alpha value is -0.0800.